The molecule has 1 aliphatic heterocycles. The minimum Gasteiger partial charge on any atom is -0.386 e. The maximum atomic E-state index is 12.2. The highest BCUT2D eigenvalue weighted by Crippen LogP contribution is 2.33. The van der Waals surface area contributed by atoms with E-state index in [0.29, 0.717) is 19.6 Å². The number of amides is 1. The predicted octanol–water partition coefficient (Wildman–Crippen LogP) is 0.591. The third kappa shape index (κ3) is 2.09. The van der Waals surface area contributed by atoms with Crippen molar-refractivity contribution in [2.24, 2.45) is 17.1 Å². The molecule has 0 aliphatic carbocycles. The van der Waals surface area contributed by atoms with Gasteiger partial charge in [-0.3, -0.25) is 4.79 Å². The van der Waals surface area contributed by atoms with Crippen LogP contribution >= 0.6 is 0 Å². The topological polar surface area (TPSA) is 66.6 Å². The second-order valence-corrected chi connectivity index (χ2v) is 5.54. The van der Waals surface area contributed by atoms with E-state index in [1.165, 1.54) is 0 Å². The van der Waals surface area contributed by atoms with Crippen LogP contribution in [0.25, 0.3) is 0 Å². The van der Waals surface area contributed by atoms with Crippen LogP contribution in [0.3, 0.4) is 0 Å². The van der Waals surface area contributed by atoms with Crippen LogP contribution in [-0.4, -0.2) is 41.1 Å². The SMILES string of the molecule is CCC(C)(CN)C(=O)N1CC(O)(C(C)C)C1. The number of hydrogen-bond donors (Lipinski definition) is 2. The van der Waals surface area contributed by atoms with Crippen LogP contribution in [0.1, 0.15) is 34.1 Å². The Morgan fingerprint density at radius 2 is 2.06 bits per heavy atom. The summed E-state index contributed by atoms with van der Waals surface area (Å²) in [5, 5.41) is 10.1. The quantitative estimate of drug-likeness (QED) is 0.740. The molecule has 4 nitrogen and oxygen atoms in total. The lowest BCUT2D eigenvalue weighted by atomic mass is 9.79. The van der Waals surface area contributed by atoms with E-state index in [1.807, 2.05) is 27.7 Å². The number of carbonyl (C=O) groups excluding carboxylic acids is 1. The van der Waals surface area contributed by atoms with Crippen LogP contribution in [-0.2, 0) is 4.79 Å². The van der Waals surface area contributed by atoms with E-state index < -0.39 is 11.0 Å². The molecule has 1 unspecified atom stereocenters. The van der Waals surface area contributed by atoms with Crippen LogP contribution in [0.2, 0.25) is 0 Å². The Bertz CT molecular complexity index is 266. The Kier molecular flexibility index (Phi) is 3.65. The van der Waals surface area contributed by atoms with Gasteiger partial charge in [0.15, 0.2) is 0 Å². The number of likely N-dealkylation sites (tertiary alicyclic amines) is 1. The monoisotopic (exact) mass is 228 g/mol. The van der Waals surface area contributed by atoms with Gasteiger partial charge >= 0.3 is 0 Å². The fraction of sp³-hybridized carbons (Fsp3) is 0.917. The van der Waals surface area contributed by atoms with Crippen LogP contribution in [0.4, 0.5) is 0 Å². The largest absolute Gasteiger partial charge is 0.386 e. The average Bonchev–Trinajstić information content (AvgIpc) is 2.22. The summed E-state index contributed by atoms with van der Waals surface area (Å²) in [4.78, 5) is 13.9. The van der Waals surface area contributed by atoms with Gasteiger partial charge in [0.05, 0.1) is 18.5 Å². The van der Waals surface area contributed by atoms with Crippen LogP contribution in [0, 0.1) is 11.3 Å². The normalized spacial score (nSPS) is 22.8. The highest BCUT2D eigenvalue weighted by atomic mass is 16.3. The van der Waals surface area contributed by atoms with Crippen molar-refractivity contribution in [2.45, 2.75) is 39.7 Å². The van der Waals surface area contributed by atoms with Gasteiger partial charge in [-0.05, 0) is 19.3 Å². The van der Waals surface area contributed by atoms with Crippen molar-refractivity contribution in [1.82, 2.24) is 4.90 Å². The number of nitrogens with two attached hydrogens (primary N) is 1. The summed E-state index contributed by atoms with van der Waals surface area (Å²) in [6.07, 6.45) is 0.735. The third-order valence-electron chi connectivity index (χ3n) is 4.04. The van der Waals surface area contributed by atoms with Crippen LogP contribution in [0.5, 0.6) is 0 Å². The second-order valence-electron chi connectivity index (χ2n) is 5.54. The molecule has 0 bridgehead atoms. The molecule has 1 saturated heterocycles. The summed E-state index contributed by atoms with van der Waals surface area (Å²) in [5.74, 6) is 0.255. The Morgan fingerprint density at radius 3 is 2.38 bits per heavy atom. The van der Waals surface area contributed by atoms with Gasteiger partial charge in [0.1, 0.15) is 5.60 Å². The number of hydrogen-bond acceptors (Lipinski definition) is 3. The minimum absolute atomic E-state index is 0.0721. The van der Waals surface area contributed by atoms with E-state index >= 15 is 0 Å². The first-order valence-electron chi connectivity index (χ1n) is 6.01. The molecule has 0 aromatic rings. The van der Waals surface area contributed by atoms with Crippen molar-refractivity contribution in [3.63, 3.8) is 0 Å². The fourth-order valence-electron chi connectivity index (χ4n) is 1.89. The first-order chi connectivity index (χ1) is 7.29. The highest BCUT2D eigenvalue weighted by molar-refractivity contribution is 5.83. The average molecular weight is 228 g/mol. The summed E-state index contributed by atoms with van der Waals surface area (Å²) in [6, 6.07) is 0. The standard InChI is InChI=1S/C12H24N2O2/c1-5-11(4,6-13)10(15)14-7-12(16,8-14)9(2)3/h9,16H,5-8,13H2,1-4H3. The molecule has 0 saturated carbocycles. The molecule has 0 radical (unpaired) electrons. The highest BCUT2D eigenvalue weighted by Gasteiger charge is 2.48. The molecule has 0 spiro atoms. The first kappa shape index (κ1) is 13.5. The summed E-state index contributed by atoms with van der Waals surface area (Å²) in [5.41, 5.74) is 4.48. The summed E-state index contributed by atoms with van der Waals surface area (Å²) >= 11 is 0. The molecule has 1 aliphatic rings. The van der Waals surface area contributed by atoms with E-state index in [2.05, 4.69) is 0 Å². The smallest absolute Gasteiger partial charge is 0.229 e. The Morgan fingerprint density at radius 1 is 1.56 bits per heavy atom. The Labute approximate surface area is 97.8 Å². The number of rotatable bonds is 4. The molecule has 4 heteroatoms. The van der Waals surface area contributed by atoms with Crippen molar-refractivity contribution >= 4 is 5.91 Å². The van der Waals surface area contributed by atoms with Crippen molar-refractivity contribution in [3.05, 3.63) is 0 Å². The van der Waals surface area contributed by atoms with Crippen molar-refractivity contribution < 1.29 is 9.90 Å². The molecule has 1 rings (SSSR count). The van der Waals surface area contributed by atoms with E-state index in [1.54, 1.807) is 4.90 Å². The zero-order valence-electron chi connectivity index (χ0n) is 10.8. The van der Waals surface area contributed by atoms with E-state index in [-0.39, 0.29) is 11.8 Å². The maximum absolute atomic E-state index is 12.2. The minimum atomic E-state index is -0.696. The first-order valence-corrected chi connectivity index (χ1v) is 6.01. The Hall–Kier alpha value is -0.610. The zero-order valence-corrected chi connectivity index (χ0v) is 10.8. The number of carbonyl (C=O) groups is 1. The van der Waals surface area contributed by atoms with Gasteiger partial charge in [0, 0.05) is 6.54 Å². The molecular formula is C12H24N2O2. The van der Waals surface area contributed by atoms with Gasteiger partial charge < -0.3 is 15.7 Å². The molecule has 0 aromatic carbocycles. The lowest BCUT2D eigenvalue weighted by Gasteiger charge is -2.51. The van der Waals surface area contributed by atoms with Gasteiger partial charge in [-0.2, -0.15) is 0 Å². The number of nitrogens with zero attached hydrogens (tertiary/aromatic N) is 1. The predicted molar refractivity (Wildman–Crippen MR) is 63.8 cm³/mol. The van der Waals surface area contributed by atoms with Crippen molar-refractivity contribution in [2.75, 3.05) is 19.6 Å². The van der Waals surface area contributed by atoms with Crippen LogP contribution in [0.15, 0.2) is 0 Å². The molecule has 16 heavy (non-hydrogen) atoms. The second kappa shape index (κ2) is 4.34. The number of β-amino-alcohol motifs (C(OH)–C–C–N with tert-alkyl or cyclic N) is 1. The molecule has 1 fully saturated rings. The van der Waals surface area contributed by atoms with Gasteiger partial charge in [0.25, 0.3) is 0 Å². The maximum Gasteiger partial charge on any atom is 0.229 e. The van der Waals surface area contributed by atoms with Crippen molar-refractivity contribution in [1.29, 1.82) is 0 Å². The molecule has 1 amide bonds. The van der Waals surface area contributed by atoms with Gasteiger partial charge in [-0.1, -0.05) is 20.8 Å². The molecule has 0 aromatic heterocycles. The van der Waals surface area contributed by atoms with E-state index in [9.17, 15) is 9.90 Å². The van der Waals surface area contributed by atoms with Crippen molar-refractivity contribution in [3.8, 4) is 0 Å². The Balaban J connectivity index is 2.61. The molecule has 1 heterocycles. The van der Waals surface area contributed by atoms with E-state index in [0.717, 1.165) is 6.42 Å². The van der Waals surface area contributed by atoms with Gasteiger partial charge in [-0.15, -0.1) is 0 Å². The molecule has 3 N–H and O–H groups in total. The summed E-state index contributed by atoms with van der Waals surface area (Å²) in [7, 11) is 0. The lowest BCUT2D eigenvalue weighted by Crippen LogP contribution is -2.68. The molecule has 1 atom stereocenters. The van der Waals surface area contributed by atoms with Gasteiger partial charge in [0.2, 0.25) is 5.91 Å². The lowest BCUT2D eigenvalue weighted by molar-refractivity contribution is -0.172. The summed E-state index contributed by atoms with van der Waals surface area (Å²) < 4.78 is 0. The zero-order chi connectivity index (χ0) is 12.6. The molecular weight excluding hydrogens is 204 g/mol. The molecule has 94 valence electrons. The van der Waals surface area contributed by atoms with Gasteiger partial charge in [-0.25, -0.2) is 0 Å². The third-order valence-corrected chi connectivity index (χ3v) is 4.04. The van der Waals surface area contributed by atoms with E-state index in [4.69, 9.17) is 5.73 Å². The summed E-state index contributed by atoms with van der Waals surface area (Å²) in [6.45, 7) is 9.06. The van der Waals surface area contributed by atoms with Crippen LogP contribution < -0.4 is 5.73 Å². The fourth-order valence-corrected chi connectivity index (χ4v) is 1.89. The number of aliphatic hydroxyl groups is 1.